The van der Waals surface area contributed by atoms with Crippen molar-refractivity contribution in [3.63, 3.8) is 0 Å². The summed E-state index contributed by atoms with van der Waals surface area (Å²) in [6.45, 7) is 3.10. The second kappa shape index (κ2) is 8.27. The van der Waals surface area contributed by atoms with E-state index in [0.717, 1.165) is 48.2 Å². The zero-order valence-corrected chi connectivity index (χ0v) is 15.9. The Balaban J connectivity index is 1.40. The van der Waals surface area contributed by atoms with Crippen LogP contribution in [0.1, 0.15) is 4.88 Å². The van der Waals surface area contributed by atoms with Crippen LogP contribution in [0.15, 0.2) is 72.1 Å². The maximum absolute atomic E-state index is 12.5. The lowest BCUT2D eigenvalue weighted by Gasteiger charge is -2.36. The number of anilines is 1. The Morgan fingerprint density at radius 2 is 1.63 bits per heavy atom. The molecule has 1 saturated heterocycles. The zero-order chi connectivity index (χ0) is 18.5. The van der Waals surface area contributed by atoms with E-state index in [0.29, 0.717) is 6.42 Å². The minimum absolute atomic E-state index is 0.214. The smallest absolute Gasteiger partial charge is 0.227 e. The van der Waals surface area contributed by atoms with Crippen molar-refractivity contribution in [3.05, 3.63) is 77.0 Å². The van der Waals surface area contributed by atoms with Crippen molar-refractivity contribution in [2.45, 2.75) is 6.42 Å². The largest absolute Gasteiger partial charge is 0.455 e. The molecule has 4 nitrogen and oxygen atoms in total. The van der Waals surface area contributed by atoms with E-state index in [2.05, 4.69) is 11.0 Å². The maximum atomic E-state index is 12.5. The van der Waals surface area contributed by atoms with Gasteiger partial charge in [0.1, 0.15) is 5.75 Å². The fraction of sp³-hybridized carbons (Fsp3) is 0.227. The van der Waals surface area contributed by atoms with Gasteiger partial charge in [0.25, 0.3) is 0 Å². The Labute approximate surface area is 163 Å². The molecule has 0 N–H and O–H groups in total. The van der Waals surface area contributed by atoms with Crippen molar-refractivity contribution in [3.8, 4) is 11.5 Å². The average Bonchev–Trinajstić information content (AvgIpc) is 3.22. The molecule has 0 bridgehead atoms. The van der Waals surface area contributed by atoms with E-state index in [1.807, 2.05) is 70.9 Å². The van der Waals surface area contributed by atoms with Crippen molar-refractivity contribution in [2.75, 3.05) is 31.1 Å². The van der Waals surface area contributed by atoms with Crippen molar-refractivity contribution < 1.29 is 9.53 Å². The molecule has 0 spiro atoms. The van der Waals surface area contributed by atoms with E-state index >= 15 is 0 Å². The fourth-order valence-corrected chi connectivity index (χ4v) is 3.99. The third-order valence-corrected chi connectivity index (χ3v) is 5.59. The minimum Gasteiger partial charge on any atom is -0.455 e. The predicted octanol–water partition coefficient (Wildman–Crippen LogP) is 4.43. The average molecular weight is 378 g/mol. The first-order valence-corrected chi connectivity index (χ1v) is 10.0. The van der Waals surface area contributed by atoms with Crippen LogP contribution in [0.5, 0.6) is 11.5 Å². The Bertz CT molecular complexity index is 872. The number of nitrogens with zero attached hydrogens (tertiary/aromatic N) is 2. The summed E-state index contributed by atoms with van der Waals surface area (Å²) < 4.78 is 6.09. The Kier molecular flexibility index (Phi) is 5.39. The summed E-state index contributed by atoms with van der Waals surface area (Å²) in [5, 5.41) is 2.02. The lowest BCUT2D eigenvalue weighted by molar-refractivity contribution is -0.130. The minimum atomic E-state index is 0.214. The molecule has 27 heavy (non-hydrogen) atoms. The van der Waals surface area contributed by atoms with Crippen LogP contribution in [0.2, 0.25) is 0 Å². The topological polar surface area (TPSA) is 32.8 Å². The zero-order valence-electron chi connectivity index (χ0n) is 15.1. The molecule has 2 heterocycles. The third kappa shape index (κ3) is 4.31. The Hall–Kier alpha value is -2.79. The van der Waals surface area contributed by atoms with Gasteiger partial charge < -0.3 is 14.5 Å². The first-order valence-electron chi connectivity index (χ1n) is 9.16. The van der Waals surface area contributed by atoms with Crippen molar-refractivity contribution >= 4 is 22.9 Å². The van der Waals surface area contributed by atoms with Gasteiger partial charge in [-0.05, 0) is 35.7 Å². The summed E-state index contributed by atoms with van der Waals surface area (Å²) in [4.78, 5) is 17.9. The fourth-order valence-electron chi connectivity index (χ4n) is 3.29. The predicted molar refractivity (Wildman–Crippen MR) is 110 cm³/mol. The number of benzene rings is 2. The van der Waals surface area contributed by atoms with E-state index in [-0.39, 0.29) is 5.91 Å². The normalized spacial score (nSPS) is 14.2. The number of hydrogen-bond acceptors (Lipinski definition) is 4. The molecule has 1 aliphatic heterocycles. The number of ether oxygens (including phenoxy) is 1. The number of carbonyl (C=O) groups is 1. The summed E-state index contributed by atoms with van der Waals surface area (Å²) in [7, 11) is 0. The van der Waals surface area contributed by atoms with Gasteiger partial charge in [-0.25, -0.2) is 0 Å². The number of para-hydroxylation sites is 3. The molecule has 1 aromatic heterocycles. The van der Waals surface area contributed by atoms with Gasteiger partial charge in [-0.15, -0.1) is 11.3 Å². The van der Waals surface area contributed by atoms with E-state index in [1.54, 1.807) is 11.3 Å². The molecule has 1 amide bonds. The first-order chi connectivity index (χ1) is 13.3. The highest BCUT2D eigenvalue weighted by atomic mass is 32.1. The lowest BCUT2D eigenvalue weighted by Crippen LogP contribution is -2.49. The monoisotopic (exact) mass is 378 g/mol. The molecule has 138 valence electrons. The maximum Gasteiger partial charge on any atom is 0.227 e. The number of carbonyl (C=O) groups excluding carboxylic acids is 1. The van der Waals surface area contributed by atoms with E-state index in [1.165, 1.54) is 0 Å². The molecule has 0 atom stereocenters. The van der Waals surface area contributed by atoms with Gasteiger partial charge in [0.2, 0.25) is 5.91 Å². The molecule has 0 aliphatic carbocycles. The van der Waals surface area contributed by atoms with Crippen LogP contribution >= 0.6 is 11.3 Å². The van der Waals surface area contributed by atoms with Gasteiger partial charge in [0.05, 0.1) is 12.1 Å². The van der Waals surface area contributed by atoms with Gasteiger partial charge in [-0.1, -0.05) is 36.4 Å². The SMILES string of the molecule is O=C(Cc1cccs1)N1CCN(c2ccccc2Oc2ccccc2)CC1. The summed E-state index contributed by atoms with van der Waals surface area (Å²) in [6, 6.07) is 21.9. The van der Waals surface area contributed by atoms with Gasteiger partial charge in [0.15, 0.2) is 5.75 Å². The number of rotatable bonds is 5. The molecular formula is C22H22N2O2S. The van der Waals surface area contributed by atoms with Gasteiger partial charge in [-0.3, -0.25) is 4.79 Å². The molecule has 0 unspecified atom stereocenters. The number of piperazine rings is 1. The van der Waals surface area contributed by atoms with Crippen LogP contribution in [0.25, 0.3) is 0 Å². The molecule has 5 heteroatoms. The lowest BCUT2D eigenvalue weighted by atomic mass is 10.2. The van der Waals surface area contributed by atoms with Gasteiger partial charge >= 0.3 is 0 Å². The third-order valence-electron chi connectivity index (χ3n) is 4.71. The summed E-state index contributed by atoms with van der Waals surface area (Å²) in [6.07, 6.45) is 0.505. The highest BCUT2D eigenvalue weighted by Crippen LogP contribution is 2.32. The molecule has 3 aromatic rings. The van der Waals surface area contributed by atoms with Crippen LogP contribution in [-0.2, 0) is 11.2 Å². The highest BCUT2D eigenvalue weighted by molar-refractivity contribution is 7.10. The van der Waals surface area contributed by atoms with E-state index in [4.69, 9.17) is 4.74 Å². The van der Waals surface area contributed by atoms with Crippen LogP contribution in [0.4, 0.5) is 5.69 Å². The van der Waals surface area contributed by atoms with E-state index in [9.17, 15) is 4.79 Å². The van der Waals surface area contributed by atoms with Crippen LogP contribution < -0.4 is 9.64 Å². The molecule has 1 fully saturated rings. The molecule has 0 radical (unpaired) electrons. The Morgan fingerprint density at radius 1 is 0.889 bits per heavy atom. The summed E-state index contributed by atoms with van der Waals surface area (Å²) in [5.74, 6) is 1.89. The van der Waals surface area contributed by atoms with Crippen molar-refractivity contribution in [1.29, 1.82) is 0 Å². The summed E-state index contributed by atoms with van der Waals surface area (Å²) >= 11 is 1.64. The van der Waals surface area contributed by atoms with Crippen LogP contribution in [0, 0.1) is 0 Å². The number of hydrogen-bond donors (Lipinski definition) is 0. The second-order valence-corrected chi connectivity index (χ2v) is 7.54. The van der Waals surface area contributed by atoms with Gasteiger partial charge in [-0.2, -0.15) is 0 Å². The standard InChI is InChI=1S/C22H22N2O2S/c25-22(17-19-9-6-16-27-19)24-14-12-23(13-15-24)20-10-4-5-11-21(20)26-18-7-2-1-3-8-18/h1-11,16H,12-15,17H2. The van der Waals surface area contributed by atoms with Crippen molar-refractivity contribution in [1.82, 2.24) is 4.90 Å². The first kappa shape index (κ1) is 17.6. The molecule has 1 aliphatic rings. The van der Waals surface area contributed by atoms with Crippen LogP contribution in [0.3, 0.4) is 0 Å². The van der Waals surface area contributed by atoms with Crippen LogP contribution in [-0.4, -0.2) is 37.0 Å². The molecule has 2 aromatic carbocycles. The number of thiophene rings is 1. The Morgan fingerprint density at radius 3 is 2.37 bits per heavy atom. The summed E-state index contributed by atoms with van der Waals surface area (Å²) in [5.41, 5.74) is 1.08. The van der Waals surface area contributed by atoms with Gasteiger partial charge in [0, 0.05) is 31.1 Å². The number of amides is 1. The molecule has 0 saturated carbocycles. The highest BCUT2D eigenvalue weighted by Gasteiger charge is 2.23. The quantitative estimate of drug-likeness (QED) is 0.658. The molecular weight excluding hydrogens is 356 g/mol. The van der Waals surface area contributed by atoms with E-state index < -0.39 is 0 Å². The molecule has 4 rings (SSSR count). The van der Waals surface area contributed by atoms with Crippen molar-refractivity contribution in [2.24, 2.45) is 0 Å². The second-order valence-electron chi connectivity index (χ2n) is 6.51.